The molecule has 2 aliphatic heterocycles. The van der Waals surface area contributed by atoms with Gasteiger partial charge in [-0.05, 0) is 31.4 Å². The first-order valence-corrected chi connectivity index (χ1v) is 8.60. The molecule has 6 heteroatoms. The molecule has 2 fully saturated rings. The molecule has 3 heterocycles. The van der Waals surface area contributed by atoms with E-state index in [0.29, 0.717) is 30.4 Å². The zero-order valence-corrected chi connectivity index (χ0v) is 13.8. The van der Waals surface area contributed by atoms with Crippen molar-refractivity contribution in [1.29, 1.82) is 0 Å². The summed E-state index contributed by atoms with van der Waals surface area (Å²) in [4.78, 5) is 15.2. The molecule has 126 valence electrons. The molecule has 2 aliphatic rings. The first-order chi connectivity index (χ1) is 11.7. The van der Waals surface area contributed by atoms with Gasteiger partial charge in [-0.3, -0.25) is 9.69 Å². The van der Waals surface area contributed by atoms with Crippen LogP contribution >= 0.6 is 0 Å². The number of carbonyl (C=O) groups is 1. The maximum atomic E-state index is 12.7. The highest BCUT2D eigenvalue weighted by molar-refractivity contribution is 5.80. The number of amides is 1. The highest BCUT2D eigenvalue weighted by atomic mass is 16.4. The third kappa shape index (κ3) is 2.82. The van der Waals surface area contributed by atoms with Gasteiger partial charge in [0.05, 0.1) is 12.5 Å². The van der Waals surface area contributed by atoms with Crippen molar-refractivity contribution in [3.8, 4) is 0 Å². The molecule has 6 nitrogen and oxygen atoms in total. The van der Waals surface area contributed by atoms with Crippen molar-refractivity contribution < 1.29 is 9.21 Å². The van der Waals surface area contributed by atoms with Gasteiger partial charge in [-0.1, -0.05) is 30.3 Å². The van der Waals surface area contributed by atoms with Gasteiger partial charge in [0.2, 0.25) is 17.7 Å². The zero-order chi connectivity index (χ0) is 16.5. The molecule has 2 saturated heterocycles. The minimum absolute atomic E-state index is 0.0294. The van der Waals surface area contributed by atoms with Crippen molar-refractivity contribution in [3.63, 3.8) is 0 Å². The Hall–Kier alpha value is -2.21. The lowest BCUT2D eigenvalue weighted by molar-refractivity contribution is -0.125. The summed E-state index contributed by atoms with van der Waals surface area (Å²) in [6.45, 7) is 3.13. The summed E-state index contributed by atoms with van der Waals surface area (Å²) in [5.41, 5.74) is 1.31. The number of aryl methyl sites for hydroxylation is 1. The van der Waals surface area contributed by atoms with E-state index in [-0.39, 0.29) is 11.8 Å². The molecule has 1 N–H and O–H groups in total. The summed E-state index contributed by atoms with van der Waals surface area (Å²) in [7, 11) is 0. The van der Waals surface area contributed by atoms with E-state index < -0.39 is 0 Å². The first kappa shape index (κ1) is 15.3. The largest absolute Gasteiger partial charge is 0.424 e. The number of nitrogens with one attached hydrogen (secondary N) is 1. The van der Waals surface area contributed by atoms with Crippen molar-refractivity contribution in [2.24, 2.45) is 5.92 Å². The fourth-order valence-electron chi connectivity index (χ4n) is 4.15. The van der Waals surface area contributed by atoms with Crippen LogP contribution in [0.25, 0.3) is 0 Å². The maximum Gasteiger partial charge on any atom is 0.235 e. The van der Waals surface area contributed by atoms with Crippen LogP contribution in [0.4, 0.5) is 0 Å². The molecular formula is C18H22N4O2. The lowest BCUT2D eigenvalue weighted by Crippen LogP contribution is -2.37. The molecule has 0 radical (unpaired) electrons. The Balaban J connectivity index is 1.46. The smallest absolute Gasteiger partial charge is 0.235 e. The highest BCUT2D eigenvalue weighted by Crippen LogP contribution is 2.44. The van der Waals surface area contributed by atoms with E-state index in [4.69, 9.17) is 4.42 Å². The Kier molecular flexibility index (Phi) is 4.06. The molecule has 0 saturated carbocycles. The molecular weight excluding hydrogens is 304 g/mol. The highest BCUT2D eigenvalue weighted by Gasteiger charge is 2.46. The number of rotatable bonds is 4. The Morgan fingerprint density at radius 3 is 2.92 bits per heavy atom. The Labute approximate surface area is 141 Å². The van der Waals surface area contributed by atoms with Gasteiger partial charge in [0.15, 0.2) is 0 Å². The van der Waals surface area contributed by atoms with Crippen molar-refractivity contribution in [2.75, 3.05) is 6.54 Å². The quantitative estimate of drug-likeness (QED) is 0.933. The minimum Gasteiger partial charge on any atom is -0.424 e. The minimum atomic E-state index is 0.0294. The van der Waals surface area contributed by atoms with Gasteiger partial charge in [-0.15, -0.1) is 10.2 Å². The van der Waals surface area contributed by atoms with Gasteiger partial charge in [-0.25, -0.2) is 0 Å². The Morgan fingerprint density at radius 1 is 1.33 bits per heavy atom. The van der Waals surface area contributed by atoms with Crippen LogP contribution in [0.15, 0.2) is 34.7 Å². The van der Waals surface area contributed by atoms with Crippen LogP contribution in [-0.4, -0.2) is 33.6 Å². The molecule has 0 unspecified atom stereocenters. The maximum absolute atomic E-state index is 12.7. The lowest BCUT2D eigenvalue weighted by Gasteiger charge is -2.24. The normalized spacial score (nSPS) is 26.5. The van der Waals surface area contributed by atoms with Gasteiger partial charge < -0.3 is 9.73 Å². The lowest BCUT2D eigenvalue weighted by atomic mass is 9.93. The molecule has 0 spiro atoms. The van der Waals surface area contributed by atoms with Gasteiger partial charge in [-0.2, -0.15) is 0 Å². The second-order valence-corrected chi connectivity index (χ2v) is 6.65. The molecule has 3 atom stereocenters. The standard InChI is InChI=1S/C18H22N4O2/c1-12-20-21-17(24-12)11-19-18(23)14-10-16(13-6-3-2-4-7-13)22-9-5-8-15(14)22/h2-4,6-7,14-16H,5,8-11H2,1H3,(H,19,23)/t14-,15+,16-/m0/s1. The summed E-state index contributed by atoms with van der Waals surface area (Å²) in [5.74, 6) is 1.11. The summed E-state index contributed by atoms with van der Waals surface area (Å²) in [6, 6.07) is 11.2. The number of aromatic nitrogens is 2. The van der Waals surface area contributed by atoms with Crippen LogP contribution in [0.5, 0.6) is 0 Å². The van der Waals surface area contributed by atoms with Crippen LogP contribution < -0.4 is 5.32 Å². The molecule has 24 heavy (non-hydrogen) atoms. The molecule has 1 aromatic heterocycles. The molecule has 2 aromatic rings. The van der Waals surface area contributed by atoms with Crippen LogP contribution in [0, 0.1) is 12.8 Å². The molecule has 4 rings (SSSR count). The third-order valence-electron chi connectivity index (χ3n) is 5.19. The van der Waals surface area contributed by atoms with E-state index in [0.717, 1.165) is 19.4 Å². The fraction of sp³-hybridized carbons (Fsp3) is 0.500. The van der Waals surface area contributed by atoms with E-state index >= 15 is 0 Å². The Morgan fingerprint density at radius 2 is 2.17 bits per heavy atom. The molecule has 0 bridgehead atoms. The number of hydrogen-bond donors (Lipinski definition) is 1. The summed E-state index contributed by atoms with van der Waals surface area (Å²) < 4.78 is 5.33. The van der Waals surface area contributed by atoms with Crippen molar-refractivity contribution >= 4 is 5.91 Å². The number of hydrogen-bond acceptors (Lipinski definition) is 5. The van der Waals surface area contributed by atoms with Gasteiger partial charge in [0.25, 0.3) is 0 Å². The summed E-state index contributed by atoms with van der Waals surface area (Å²) >= 11 is 0. The average Bonchev–Trinajstić information content (AvgIpc) is 3.29. The summed E-state index contributed by atoms with van der Waals surface area (Å²) in [6.07, 6.45) is 3.14. The van der Waals surface area contributed by atoms with Gasteiger partial charge >= 0.3 is 0 Å². The first-order valence-electron chi connectivity index (χ1n) is 8.60. The van der Waals surface area contributed by atoms with Crippen LogP contribution in [0.1, 0.15) is 42.6 Å². The second kappa shape index (κ2) is 6.36. The second-order valence-electron chi connectivity index (χ2n) is 6.65. The number of fused-ring (bicyclic) bond motifs is 1. The predicted octanol–water partition coefficient (Wildman–Crippen LogP) is 2.22. The van der Waals surface area contributed by atoms with E-state index in [9.17, 15) is 4.79 Å². The molecule has 1 aromatic carbocycles. The van der Waals surface area contributed by atoms with Crippen molar-refractivity contribution in [3.05, 3.63) is 47.7 Å². The van der Waals surface area contributed by atoms with E-state index in [1.165, 1.54) is 12.0 Å². The average molecular weight is 326 g/mol. The zero-order valence-electron chi connectivity index (χ0n) is 13.8. The SMILES string of the molecule is Cc1nnc(CNC(=O)[C@H]2C[C@@H](c3ccccc3)N3CCC[C@H]23)o1. The third-order valence-corrected chi connectivity index (χ3v) is 5.19. The van der Waals surface area contributed by atoms with Crippen LogP contribution in [-0.2, 0) is 11.3 Å². The summed E-state index contributed by atoms with van der Waals surface area (Å²) in [5, 5.41) is 10.7. The van der Waals surface area contributed by atoms with E-state index in [2.05, 4.69) is 44.7 Å². The molecule has 1 amide bonds. The fourth-order valence-corrected chi connectivity index (χ4v) is 4.15. The monoisotopic (exact) mass is 326 g/mol. The van der Waals surface area contributed by atoms with Gasteiger partial charge in [0, 0.05) is 19.0 Å². The topological polar surface area (TPSA) is 71.3 Å². The van der Waals surface area contributed by atoms with E-state index in [1.807, 2.05) is 6.07 Å². The van der Waals surface area contributed by atoms with E-state index in [1.54, 1.807) is 6.92 Å². The predicted molar refractivity (Wildman–Crippen MR) is 87.9 cm³/mol. The van der Waals surface area contributed by atoms with Gasteiger partial charge in [0.1, 0.15) is 0 Å². The number of nitrogens with zero attached hydrogens (tertiary/aromatic N) is 3. The van der Waals surface area contributed by atoms with Crippen LogP contribution in [0.3, 0.4) is 0 Å². The molecule has 0 aliphatic carbocycles. The van der Waals surface area contributed by atoms with Crippen LogP contribution in [0.2, 0.25) is 0 Å². The van der Waals surface area contributed by atoms with Crippen molar-refractivity contribution in [2.45, 2.75) is 44.8 Å². The van der Waals surface area contributed by atoms with Crippen molar-refractivity contribution in [1.82, 2.24) is 20.4 Å². The number of benzene rings is 1. The Bertz CT molecular complexity index is 715. The number of carbonyl (C=O) groups excluding carboxylic acids is 1.